The monoisotopic (exact) mass is 299 g/mol. The van der Waals surface area contributed by atoms with Gasteiger partial charge in [0.05, 0.1) is 27.1 Å². The molecule has 84 valence electrons. The minimum atomic E-state index is 0.512. The standard InChI is InChI=1S/C11H11BrClN3/c12-10-8-5-15-16(7-3-1-2-4-7)11(8)14-6-9(10)13/h5-7H,1-4H2. The van der Waals surface area contributed by atoms with E-state index in [4.69, 9.17) is 11.6 Å². The van der Waals surface area contributed by atoms with Gasteiger partial charge < -0.3 is 0 Å². The van der Waals surface area contributed by atoms with Gasteiger partial charge in [0.2, 0.25) is 0 Å². The Bertz CT molecular complexity index is 531. The van der Waals surface area contributed by atoms with Crippen LogP contribution in [0.1, 0.15) is 31.7 Å². The van der Waals surface area contributed by atoms with Crippen LogP contribution in [0.3, 0.4) is 0 Å². The molecule has 1 fully saturated rings. The first-order chi connectivity index (χ1) is 7.77. The summed E-state index contributed by atoms with van der Waals surface area (Å²) in [6.07, 6.45) is 8.52. The lowest BCUT2D eigenvalue weighted by atomic mass is 10.2. The number of hydrogen-bond acceptors (Lipinski definition) is 2. The second-order valence-electron chi connectivity index (χ2n) is 4.18. The van der Waals surface area contributed by atoms with Crippen LogP contribution in [0.25, 0.3) is 11.0 Å². The summed E-state index contributed by atoms with van der Waals surface area (Å²) in [5.74, 6) is 0. The van der Waals surface area contributed by atoms with E-state index >= 15 is 0 Å². The largest absolute Gasteiger partial charge is 0.244 e. The highest BCUT2D eigenvalue weighted by Gasteiger charge is 2.21. The normalized spacial score (nSPS) is 17.4. The lowest BCUT2D eigenvalue weighted by Gasteiger charge is -2.10. The summed E-state index contributed by atoms with van der Waals surface area (Å²) >= 11 is 9.49. The van der Waals surface area contributed by atoms with E-state index < -0.39 is 0 Å². The molecule has 0 bridgehead atoms. The summed E-state index contributed by atoms with van der Waals surface area (Å²) in [4.78, 5) is 4.38. The van der Waals surface area contributed by atoms with Crippen LogP contribution >= 0.6 is 27.5 Å². The van der Waals surface area contributed by atoms with Crippen molar-refractivity contribution < 1.29 is 0 Å². The average molecular weight is 301 g/mol. The number of aromatic nitrogens is 3. The van der Waals surface area contributed by atoms with Crippen LogP contribution in [0, 0.1) is 0 Å². The SMILES string of the molecule is Clc1cnc2c(cnn2C2CCCC2)c1Br. The topological polar surface area (TPSA) is 30.7 Å². The van der Waals surface area contributed by atoms with Crippen molar-refractivity contribution in [2.75, 3.05) is 0 Å². The van der Waals surface area contributed by atoms with Gasteiger partial charge in [-0.05, 0) is 28.8 Å². The van der Waals surface area contributed by atoms with Gasteiger partial charge >= 0.3 is 0 Å². The van der Waals surface area contributed by atoms with Gasteiger partial charge in [-0.2, -0.15) is 5.10 Å². The third-order valence-electron chi connectivity index (χ3n) is 3.19. The second-order valence-corrected chi connectivity index (χ2v) is 5.39. The number of hydrogen-bond donors (Lipinski definition) is 0. The fourth-order valence-electron chi connectivity index (χ4n) is 2.36. The van der Waals surface area contributed by atoms with Gasteiger partial charge in [-0.25, -0.2) is 9.67 Å². The molecular weight excluding hydrogens is 289 g/mol. The highest BCUT2D eigenvalue weighted by atomic mass is 79.9. The van der Waals surface area contributed by atoms with Crippen molar-refractivity contribution >= 4 is 38.6 Å². The van der Waals surface area contributed by atoms with E-state index in [1.54, 1.807) is 6.20 Å². The maximum atomic E-state index is 6.01. The molecule has 0 N–H and O–H groups in total. The van der Waals surface area contributed by atoms with E-state index in [2.05, 4.69) is 26.0 Å². The third kappa shape index (κ3) is 1.55. The Morgan fingerprint density at radius 2 is 2.06 bits per heavy atom. The van der Waals surface area contributed by atoms with Crippen LogP contribution < -0.4 is 0 Å². The first kappa shape index (κ1) is 10.5. The van der Waals surface area contributed by atoms with Crippen LogP contribution in [-0.4, -0.2) is 14.8 Å². The van der Waals surface area contributed by atoms with Gasteiger partial charge in [0.15, 0.2) is 5.65 Å². The number of nitrogens with zero attached hydrogens (tertiary/aromatic N) is 3. The molecule has 0 unspecified atom stereocenters. The Morgan fingerprint density at radius 1 is 1.31 bits per heavy atom. The molecule has 2 aromatic rings. The fourth-order valence-corrected chi connectivity index (χ4v) is 2.89. The number of halogens is 2. The Kier molecular flexibility index (Phi) is 2.64. The predicted octanol–water partition coefficient (Wildman–Crippen LogP) is 3.96. The molecule has 0 saturated heterocycles. The van der Waals surface area contributed by atoms with E-state index in [0.717, 1.165) is 15.5 Å². The van der Waals surface area contributed by atoms with Crippen LogP contribution in [0.5, 0.6) is 0 Å². The lowest BCUT2D eigenvalue weighted by molar-refractivity contribution is 0.478. The summed E-state index contributed by atoms with van der Waals surface area (Å²) in [7, 11) is 0. The molecule has 5 heteroatoms. The molecule has 0 atom stereocenters. The van der Waals surface area contributed by atoms with Gasteiger partial charge in [0.25, 0.3) is 0 Å². The lowest BCUT2D eigenvalue weighted by Crippen LogP contribution is -2.06. The maximum absolute atomic E-state index is 6.01. The van der Waals surface area contributed by atoms with E-state index in [1.165, 1.54) is 25.7 Å². The van der Waals surface area contributed by atoms with Crippen LogP contribution in [0.15, 0.2) is 16.9 Å². The highest BCUT2D eigenvalue weighted by Crippen LogP contribution is 2.34. The van der Waals surface area contributed by atoms with Crippen molar-refractivity contribution in [1.82, 2.24) is 14.8 Å². The molecule has 3 rings (SSSR count). The molecule has 3 nitrogen and oxygen atoms in total. The first-order valence-corrected chi connectivity index (χ1v) is 6.61. The number of pyridine rings is 1. The van der Waals surface area contributed by atoms with Crippen molar-refractivity contribution in [3.63, 3.8) is 0 Å². The van der Waals surface area contributed by atoms with Crippen molar-refractivity contribution in [1.29, 1.82) is 0 Å². The fraction of sp³-hybridized carbons (Fsp3) is 0.455. The smallest absolute Gasteiger partial charge is 0.159 e. The third-order valence-corrected chi connectivity index (χ3v) is 4.56. The molecule has 16 heavy (non-hydrogen) atoms. The molecule has 0 amide bonds. The van der Waals surface area contributed by atoms with Gasteiger partial charge in [0.1, 0.15) is 0 Å². The van der Waals surface area contributed by atoms with Crippen molar-refractivity contribution in [2.24, 2.45) is 0 Å². The van der Waals surface area contributed by atoms with Crippen LogP contribution in [0.2, 0.25) is 5.02 Å². The summed E-state index contributed by atoms with van der Waals surface area (Å²) in [5.41, 5.74) is 0.933. The van der Waals surface area contributed by atoms with Crippen LogP contribution in [0.4, 0.5) is 0 Å². The number of fused-ring (bicyclic) bond motifs is 1. The summed E-state index contributed by atoms with van der Waals surface area (Å²) in [5, 5.41) is 6.08. The van der Waals surface area contributed by atoms with Crippen molar-refractivity contribution in [3.8, 4) is 0 Å². The summed E-state index contributed by atoms with van der Waals surface area (Å²) in [6, 6.07) is 0.512. The maximum Gasteiger partial charge on any atom is 0.159 e. The number of rotatable bonds is 1. The quantitative estimate of drug-likeness (QED) is 0.798. The average Bonchev–Trinajstić information content (AvgIpc) is 2.91. The molecule has 0 aliphatic heterocycles. The van der Waals surface area contributed by atoms with Gasteiger partial charge in [-0.15, -0.1) is 0 Å². The van der Waals surface area contributed by atoms with Gasteiger partial charge in [0, 0.05) is 6.20 Å². The molecule has 0 aromatic carbocycles. The zero-order valence-corrected chi connectivity index (χ0v) is 11.0. The molecule has 1 aliphatic rings. The zero-order chi connectivity index (χ0) is 11.1. The molecular formula is C11H11BrClN3. The molecule has 1 saturated carbocycles. The Hall–Kier alpha value is -0.610. The van der Waals surface area contributed by atoms with E-state index in [1.807, 2.05) is 10.9 Å². The molecule has 1 aliphatic carbocycles. The zero-order valence-electron chi connectivity index (χ0n) is 8.66. The van der Waals surface area contributed by atoms with Gasteiger partial charge in [-0.3, -0.25) is 0 Å². The Morgan fingerprint density at radius 3 is 2.81 bits per heavy atom. The van der Waals surface area contributed by atoms with Crippen molar-refractivity contribution in [3.05, 3.63) is 21.9 Å². The van der Waals surface area contributed by atoms with Crippen LogP contribution in [-0.2, 0) is 0 Å². The Labute approximate surface area is 107 Å². The first-order valence-electron chi connectivity index (χ1n) is 5.44. The van der Waals surface area contributed by atoms with E-state index in [0.29, 0.717) is 11.1 Å². The molecule has 2 heterocycles. The van der Waals surface area contributed by atoms with E-state index in [9.17, 15) is 0 Å². The minimum absolute atomic E-state index is 0.512. The van der Waals surface area contributed by atoms with Gasteiger partial charge in [-0.1, -0.05) is 24.4 Å². The predicted molar refractivity (Wildman–Crippen MR) is 67.7 cm³/mol. The molecule has 2 aromatic heterocycles. The highest BCUT2D eigenvalue weighted by molar-refractivity contribution is 9.10. The minimum Gasteiger partial charge on any atom is -0.244 e. The molecule has 0 radical (unpaired) electrons. The molecule has 0 spiro atoms. The van der Waals surface area contributed by atoms with Crippen molar-refractivity contribution in [2.45, 2.75) is 31.7 Å². The Balaban J connectivity index is 2.16. The second kappa shape index (κ2) is 4.00. The summed E-state index contributed by atoms with van der Waals surface area (Å²) in [6.45, 7) is 0. The summed E-state index contributed by atoms with van der Waals surface area (Å²) < 4.78 is 2.94. The van der Waals surface area contributed by atoms with E-state index in [-0.39, 0.29) is 0 Å².